The van der Waals surface area contributed by atoms with Crippen molar-refractivity contribution in [1.29, 1.82) is 0 Å². The predicted molar refractivity (Wildman–Crippen MR) is 65.3 cm³/mol. The number of ether oxygens (including phenoxy) is 1. The van der Waals surface area contributed by atoms with Crippen LogP contribution in [0.1, 0.15) is 10.5 Å². The molecule has 0 unspecified atom stereocenters. The average Bonchev–Trinajstić information content (AvgIpc) is 2.77. The van der Waals surface area contributed by atoms with Gasteiger partial charge in [-0.3, -0.25) is 0 Å². The molecular weight excluding hydrogens is 270 g/mol. The summed E-state index contributed by atoms with van der Waals surface area (Å²) in [6, 6.07) is 9.65. The number of hydrogen-bond acceptors (Lipinski definition) is 2. The number of H-pyrrole nitrogens is 1. The van der Waals surface area contributed by atoms with Gasteiger partial charge in [-0.15, -0.1) is 0 Å². The molecule has 0 aliphatic rings. The van der Waals surface area contributed by atoms with Crippen LogP contribution in [-0.2, 0) is 4.74 Å². The van der Waals surface area contributed by atoms with E-state index in [0.29, 0.717) is 5.69 Å². The van der Waals surface area contributed by atoms with Crippen LogP contribution >= 0.6 is 15.9 Å². The van der Waals surface area contributed by atoms with Gasteiger partial charge in [0.25, 0.3) is 0 Å². The topological polar surface area (TPSA) is 42.1 Å². The maximum atomic E-state index is 11.3. The van der Waals surface area contributed by atoms with E-state index in [4.69, 9.17) is 0 Å². The van der Waals surface area contributed by atoms with Crippen LogP contribution in [0, 0.1) is 0 Å². The van der Waals surface area contributed by atoms with Gasteiger partial charge in [-0.1, -0.05) is 28.1 Å². The molecule has 0 amide bonds. The number of aromatic amines is 1. The molecule has 0 saturated heterocycles. The molecule has 3 nitrogen and oxygen atoms in total. The lowest BCUT2D eigenvalue weighted by atomic mass is 10.1. The minimum Gasteiger partial charge on any atom is -0.464 e. The van der Waals surface area contributed by atoms with Gasteiger partial charge < -0.3 is 9.72 Å². The summed E-state index contributed by atoms with van der Waals surface area (Å²) in [5, 5.41) is 0. The summed E-state index contributed by atoms with van der Waals surface area (Å²) in [4.78, 5) is 14.1. The second kappa shape index (κ2) is 4.53. The molecule has 1 aromatic carbocycles. The first kappa shape index (κ1) is 11.0. The van der Waals surface area contributed by atoms with Gasteiger partial charge in [0.15, 0.2) is 0 Å². The molecule has 1 heterocycles. The number of carbonyl (C=O) groups excluding carboxylic acids is 1. The van der Waals surface area contributed by atoms with Gasteiger partial charge in [-0.25, -0.2) is 4.79 Å². The normalized spacial score (nSPS) is 10.1. The lowest BCUT2D eigenvalue weighted by Crippen LogP contribution is -2.00. The summed E-state index contributed by atoms with van der Waals surface area (Å²) in [7, 11) is 1.36. The van der Waals surface area contributed by atoms with Crippen LogP contribution in [-0.4, -0.2) is 18.1 Å². The Labute approximate surface area is 102 Å². The fourth-order valence-electron chi connectivity index (χ4n) is 1.46. The lowest BCUT2D eigenvalue weighted by Gasteiger charge is -1.97. The van der Waals surface area contributed by atoms with E-state index in [0.717, 1.165) is 15.6 Å². The van der Waals surface area contributed by atoms with Crippen LogP contribution in [0.15, 0.2) is 41.0 Å². The van der Waals surface area contributed by atoms with Gasteiger partial charge in [0, 0.05) is 16.2 Å². The lowest BCUT2D eigenvalue weighted by molar-refractivity contribution is 0.0595. The molecule has 0 atom stereocenters. The van der Waals surface area contributed by atoms with Gasteiger partial charge >= 0.3 is 5.97 Å². The third-order valence-corrected chi connectivity index (χ3v) is 2.74. The fourth-order valence-corrected chi connectivity index (χ4v) is 1.86. The smallest absolute Gasteiger partial charge is 0.354 e. The van der Waals surface area contributed by atoms with E-state index in [1.54, 1.807) is 12.3 Å². The largest absolute Gasteiger partial charge is 0.464 e. The first-order valence-electron chi connectivity index (χ1n) is 4.73. The Morgan fingerprint density at radius 1 is 1.31 bits per heavy atom. The summed E-state index contributed by atoms with van der Waals surface area (Å²) < 4.78 is 5.64. The van der Waals surface area contributed by atoms with Crippen LogP contribution in [0.5, 0.6) is 0 Å². The van der Waals surface area contributed by atoms with E-state index in [1.807, 2.05) is 24.3 Å². The molecule has 0 aliphatic carbocycles. The highest BCUT2D eigenvalue weighted by Crippen LogP contribution is 2.23. The van der Waals surface area contributed by atoms with E-state index >= 15 is 0 Å². The number of esters is 1. The minimum atomic E-state index is -0.360. The number of carbonyl (C=O) groups is 1. The standard InChI is InChI=1S/C12H10BrNO2/c1-16-12(15)11-6-9(7-14-11)8-3-2-4-10(13)5-8/h2-7,14H,1H3. The molecule has 2 rings (SSSR count). The molecule has 1 aromatic heterocycles. The number of rotatable bonds is 2. The van der Waals surface area contributed by atoms with Crippen LogP contribution in [0.2, 0.25) is 0 Å². The second-order valence-corrected chi connectivity index (χ2v) is 4.22. The molecule has 0 fully saturated rings. The maximum Gasteiger partial charge on any atom is 0.354 e. The second-order valence-electron chi connectivity index (χ2n) is 3.30. The van der Waals surface area contributed by atoms with E-state index in [9.17, 15) is 4.79 Å². The molecule has 0 saturated carbocycles. The highest BCUT2D eigenvalue weighted by Gasteiger charge is 2.09. The van der Waals surface area contributed by atoms with Crippen molar-refractivity contribution in [2.45, 2.75) is 0 Å². The zero-order valence-electron chi connectivity index (χ0n) is 8.66. The predicted octanol–water partition coefficient (Wildman–Crippen LogP) is 3.23. The SMILES string of the molecule is COC(=O)c1cc(-c2cccc(Br)c2)c[nH]1. The van der Waals surface area contributed by atoms with Gasteiger partial charge in [0.2, 0.25) is 0 Å². The number of halogens is 1. The fraction of sp³-hybridized carbons (Fsp3) is 0.0833. The van der Waals surface area contributed by atoms with Crippen molar-refractivity contribution in [1.82, 2.24) is 4.98 Å². The first-order valence-corrected chi connectivity index (χ1v) is 5.52. The van der Waals surface area contributed by atoms with E-state index in [1.165, 1.54) is 7.11 Å². The Morgan fingerprint density at radius 3 is 2.81 bits per heavy atom. The summed E-state index contributed by atoms with van der Waals surface area (Å²) in [5.41, 5.74) is 2.46. The number of methoxy groups -OCH3 is 1. The first-order chi connectivity index (χ1) is 7.70. The van der Waals surface area contributed by atoms with E-state index in [-0.39, 0.29) is 5.97 Å². The Bertz CT molecular complexity index is 519. The molecule has 82 valence electrons. The number of hydrogen-bond donors (Lipinski definition) is 1. The van der Waals surface area contributed by atoms with Gasteiger partial charge in [-0.2, -0.15) is 0 Å². The van der Waals surface area contributed by atoms with Crippen LogP contribution in [0.3, 0.4) is 0 Å². The van der Waals surface area contributed by atoms with Gasteiger partial charge in [-0.05, 0) is 23.8 Å². The molecule has 0 bridgehead atoms. The van der Waals surface area contributed by atoms with Crippen molar-refractivity contribution in [3.63, 3.8) is 0 Å². The van der Waals surface area contributed by atoms with Crippen molar-refractivity contribution in [3.8, 4) is 11.1 Å². The molecule has 2 aromatic rings. The molecule has 0 spiro atoms. The molecule has 4 heteroatoms. The Hall–Kier alpha value is -1.55. The number of benzene rings is 1. The summed E-state index contributed by atoms with van der Waals surface area (Å²) in [6.07, 6.45) is 1.79. The van der Waals surface area contributed by atoms with Crippen LogP contribution < -0.4 is 0 Å². The quantitative estimate of drug-likeness (QED) is 0.858. The van der Waals surface area contributed by atoms with E-state index in [2.05, 4.69) is 25.7 Å². The van der Waals surface area contributed by atoms with Crippen LogP contribution in [0.25, 0.3) is 11.1 Å². The summed E-state index contributed by atoms with van der Waals surface area (Å²) >= 11 is 3.41. The van der Waals surface area contributed by atoms with Crippen molar-refractivity contribution in [2.75, 3.05) is 7.11 Å². The molecule has 1 N–H and O–H groups in total. The van der Waals surface area contributed by atoms with Gasteiger partial charge in [0.05, 0.1) is 7.11 Å². The average molecular weight is 280 g/mol. The van der Waals surface area contributed by atoms with Crippen molar-refractivity contribution >= 4 is 21.9 Å². The summed E-state index contributed by atoms with van der Waals surface area (Å²) in [6.45, 7) is 0. The highest BCUT2D eigenvalue weighted by atomic mass is 79.9. The Kier molecular flexibility index (Phi) is 3.10. The number of aromatic nitrogens is 1. The van der Waals surface area contributed by atoms with Crippen molar-refractivity contribution in [3.05, 3.63) is 46.7 Å². The van der Waals surface area contributed by atoms with Gasteiger partial charge in [0.1, 0.15) is 5.69 Å². The molecular formula is C12H10BrNO2. The Morgan fingerprint density at radius 2 is 2.12 bits per heavy atom. The number of nitrogens with one attached hydrogen (secondary N) is 1. The maximum absolute atomic E-state index is 11.3. The van der Waals surface area contributed by atoms with Crippen molar-refractivity contribution < 1.29 is 9.53 Å². The zero-order valence-corrected chi connectivity index (χ0v) is 10.2. The third-order valence-electron chi connectivity index (χ3n) is 2.25. The molecule has 0 aliphatic heterocycles. The molecule has 16 heavy (non-hydrogen) atoms. The third kappa shape index (κ3) is 2.17. The highest BCUT2D eigenvalue weighted by molar-refractivity contribution is 9.10. The van der Waals surface area contributed by atoms with Crippen LogP contribution in [0.4, 0.5) is 0 Å². The Balaban J connectivity index is 2.35. The monoisotopic (exact) mass is 279 g/mol. The molecule has 0 radical (unpaired) electrons. The minimum absolute atomic E-state index is 0.360. The zero-order chi connectivity index (χ0) is 11.5. The van der Waals surface area contributed by atoms with E-state index < -0.39 is 0 Å². The van der Waals surface area contributed by atoms with Crippen molar-refractivity contribution in [2.24, 2.45) is 0 Å². The summed E-state index contributed by atoms with van der Waals surface area (Å²) in [5.74, 6) is -0.360.